The van der Waals surface area contributed by atoms with Crippen molar-refractivity contribution in [1.82, 2.24) is 14.1 Å². The first-order valence-corrected chi connectivity index (χ1v) is 17.5. The molecule has 4 heteroatoms. The van der Waals surface area contributed by atoms with Gasteiger partial charge in [0.2, 0.25) is 0 Å². The highest BCUT2D eigenvalue weighted by atomic mass is 15.0. The SMILES string of the molecule is N#Cc1cccc(-c2cc(-c3ccccc3)cc(-c3ccccc3-n3c4ccccc4c4ccc5c(c6ccccc6n5-c5ccccc5)c43)n2)c1. The Kier molecular flexibility index (Phi) is 6.84. The average Bonchev–Trinajstić information content (AvgIpc) is 3.74. The topological polar surface area (TPSA) is 46.5 Å². The van der Waals surface area contributed by atoms with Crippen molar-refractivity contribution in [3.05, 3.63) is 188 Å². The van der Waals surface area contributed by atoms with E-state index in [2.05, 4.69) is 167 Å². The molecular weight excluding hydrogens is 633 g/mol. The van der Waals surface area contributed by atoms with Gasteiger partial charge in [-0.1, -0.05) is 121 Å². The lowest BCUT2D eigenvalue weighted by Gasteiger charge is -2.16. The molecule has 0 spiro atoms. The van der Waals surface area contributed by atoms with E-state index in [1.165, 1.54) is 27.1 Å². The van der Waals surface area contributed by atoms with Crippen molar-refractivity contribution >= 4 is 43.6 Å². The maximum absolute atomic E-state index is 9.72. The van der Waals surface area contributed by atoms with E-state index in [0.29, 0.717) is 5.56 Å². The Morgan fingerprint density at radius 2 is 1.10 bits per heavy atom. The first kappa shape index (κ1) is 29.7. The van der Waals surface area contributed by atoms with Gasteiger partial charge in [0, 0.05) is 38.4 Å². The predicted octanol–water partition coefficient (Wildman–Crippen LogP) is 12.1. The minimum absolute atomic E-state index is 0.607. The second kappa shape index (κ2) is 12.0. The van der Waals surface area contributed by atoms with E-state index >= 15 is 0 Å². The summed E-state index contributed by atoms with van der Waals surface area (Å²) in [5.74, 6) is 0. The summed E-state index contributed by atoms with van der Waals surface area (Å²) in [5, 5.41) is 14.5. The van der Waals surface area contributed by atoms with Gasteiger partial charge in [0.05, 0.1) is 50.8 Å². The Morgan fingerprint density at radius 1 is 0.442 bits per heavy atom. The molecule has 4 nitrogen and oxygen atoms in total. The molecule has 0 aliphatic rings. The van der Waals surface area contributed by atoms with Gasteiger partial charge in [0.1, 0.15) is 0 Å². The van der Waals surface area contributed by atoms with E-state index in [0.717, 1.165) is 61.6 Å². The molecule has 0 aliphatic heterocycles. The minimum atomic E-state index is 0.607. The van der Waals surface area contributed by atoms with Crippen molar-refractivity contribution in [2.75, 3.05) is 0 Å². The third-order valence-electron chi connectivity index (χ3n) is 10.1. The number of fused-ring (bicyclic) bond motifs is 7. The van der Waals surface area contributed by atoms with Gasteiger partial charge in [-0.2, -0.15) is 5.26 Å². The van der Waals surface area contributed by atoms with Crippen LogP contribution in [0.25, 0.3) is 88.6 Å². The largest absolute Gasteiger partial charge is 0.309 e. The molecule has 0 unspecified atom stereocenters. The number of nitriles is 1. The van der Waals surface area contributed by atoms with Gasteiger partial charge in [-0.25, -0.2) is 4.98 Å². The lowest BCUT2D eigenvalue weighted by Crippen LogP contribution is -2.00. The van der Waals surface area contributed by atoms with Gasteiger partial charge >= 0.3 is 0 Å². The number of aromatic nitrogens is 3. The van der Waals surface area contributed by atoms with Gasteiger partial charge in [-0.15, -0.1) is 0 Å². The van der Waals surface area contributed by atoms with E-state index in [1.807, 2.05) is 30.3 Å². The number of hydrogen-bond donors (Lipinski definition) is 0. The van der Waals surface area contributed by atoms with Crippen LogP contribution in [0, 0.1) is 11.3 Å². The van der Waals surface area contributed by atoms with Crippen LogP contribution in [0.5, 0.6) is 0 Å². The van der Waals surface area contributed by atoms with E-state index in [1.54, 1.807) is 0 Å². The molecule has 0 bridgehead atoms. The molecule has 242 valence electrons. The number of hydrogen-bond acceptors (Lipinski definition) is 2. The third kappa shape index (κ3) is 4.65. The first-order valence-electron chi connectivity index (χ1n) is 17.5. The zero-order valence-corrected chi connectivity index (χ0v) is 28.1. The van der Waals surface area contributed by atoms with Crippen LogP contribution in [-0.2, 0) is 0 Å². The van der Waals surface area contributed by atoms with Crippen molar-refractivity contribution in [3.63, 3.8) is 0 Å². The molecule has 0 N–H and O–H groups in total. The lowest BCUT2D eigenvalue weighted by molar-refractivity contribution is 1.17. The van der Waals surface area contributed by atoms with Gasteiger partial charge in [0.25, 0.3) is 0 Å². The Hall–Kier alpha value is -7.22. The maximum atomic E-state index is 9.72. The van der Waals surface area contributed by atoms with Crippen LogP contribution in [0.1, 0.15) is 5.56 Å². The van der Waals surface area contributed by atoms with Crippen molar-refractivity contribution in [2.24, 2.45) is 0 Å². The monoisotopic (exact) mass is 662 g/mol. The zero-order valence-electron chi connectivity index (χ0n) is 28.1. The van der Waals surface area contributed by atoms with Crippen molar-refractivity contribution < 1.29 is 0 Å². The number of nitrogens with zero attached hydrogens (tertiary/aromatic N) is 4. The molecule has 0 amide bonds. The molecule has 52 heavy (non-hydrogen) atoms. The maximum Gasteiger partial charge on any atom is 0.0991 e. The van der Waals surface area contributed by atoms with Gasteiger partial charge in [-0.3, -0.25) is 0 Å². The van der Waals surface area contributed by atoms with Crippen LogP contribution < -0.4 is 0 Å². The summed E-state index contributed by atoms with van der Waals surface area (Å²) in [7, 11) is 0. The quantitative estimate of drug-likeness (QED) is 0.184. The average molecular weight is 663 g/mol. The fourth-order valence-corrected chi connectivity index (χ4v) is 7.86. The van der Waals surface area contributed by atoms with Crippen molar-refractivity contribution in [1.29, 1.82) is 5.26 Å². The molecule has 7 aromatic carbocycles. The normalized spacial score (nSPS) is 11.4. The van der Waals surface area contributed by atoms with Gasteiger partial charge in [-0.05, 0) is 71.8 Å². The Morgan fingerprint density at radius 3 is 1.90 bits per heavy atom. The van der Waals surface area contributed by atoms with E-state index in [-0.39, 0.29) is 0 Å². The van der Waals surface area contributed by atoms with Gasteiger partial charge < -0.3 is 9.13 Å². The highest BCUT2D eigenvalue weighted by molar-refractivity contribution is 6.26. The fourth-order valence-electron chi connectivity index (χ4n) is 7.86. The molecule has 0 saturated carbocycles. The number of para-hydroxylation sites is 4. The second-order valence-corrected chi connectivity index (χ2v) is 13.1. The van der Waals surface area contributed by atoms with E-state index < -0.39 is 0 Å². The summed E-state index contributed by atoms with van der Waals surface area (Å²) in [5.41, 5.74) is 13.2. The molecule has 10 aromatic rings. The molecule has 0 saturated heterocycles. The smallest absolute Gasteiger partial charge is 0.0991 e. The van der Waals surface area contributed by atoms with Crippen LogP contribution in [0.4, 0.5) is 0 Å². The lowest BCUT2D eigenvalue weighted by atomic mass is 9.98. The Bertz CT molecular complexity index is 3020. The van der Waals surface area contributed by atoms with E-state index in [9.17, 15) is 5.26 Å². The van der Waals surface area contributed by atoms with Crippen molar-refractivity contribution in [2.45, 2.75) is 0 Å². The highest BCUT2D eigenvalue weighted by Gasteiger charge is 2.22. The third-order valence-corrected chi connectivity index (χ3v) is 10.1. The zero-order chi connectivity index (χ0) is 34.6. The van der Waals surface area contributed by atoms with Crippen LogP contribution in [0.15, 0.2) is 182 Å². The first-order chi connectivity index (χ1) is 25.8. The molecule has 3 heterocycles. The Labute approximate surface area is 300 Å². The minimum Gasteiger partial charge on any atom is -0.309 e. The predicted molar refractivity (Wildman–Crippen MR) is 214 cm³/mol. The number of rotatable bonds is 5. The molecule has 0 aliphatic carbocycles. The number of pyridine rings is 1. The molecule has 10 rings (SSSR count). The summed E-state index contributed by atoms with van der Waals surface area (Å²) in [6.07, 6.45) is 0. The summed E-state index contributed by atoms with van der Waals surface area (Å²) < 4.78 is 4.82. The second-order valence-electron chi connectivity index (χ2n) is 13.1. The summed E-state index contributed by atoms with van der Waals surface area (Å²) in [6, 6.07) is 66.0. The Balaban J connectivity index is 1.31. The van der Waals surface area contributed by atoms with Crippen molar-refractivity contribution in [3.8, 4) is 51.1 Å². The van der Waals surface area contributed by atoms with Crippen LogP contribution in [0.2, 0.25) is 0 Å². The summed E-state index contributed by atoms with van der Waals surface area (Å²) >= 11 is 0. The molecular formula is C48H30N4. The molecule has 0 atom stereocenters. The molecule has 3 aromatic heterocycles. The summed E-state index contributed by atoms with van der Waals surface area (Å²) in [6.45, 7) is 0. The van der Waals surface area contributed by atoms with Crippen LogP contribution in [0.3, 0.4) is 0 Å². The molecule has 0 fully saturated rings. The highest BCUT2D eigenvalue weighted by Crippen LogP contribution is 2.43. The fraction of sp³-hybridized carbons (Fsp3) is 0. The number of benzene rings is 7. The molecule has 0 radical (unpaired) electrons. The van der Waals surface area contributed by atoms with Crippen LogP contribution >= 0.6 is 0 Å². The van der Waals surface area contributed by atoms with E-state index in [4.69, 9.17) is 4.98 Å². The standard InChI is InChI=1S/C48H30N4/c49-31-32-14-13-17-34(28-32)41-29-35(33-15-3-1-4-16-33)30-42(50-41)39-21-8-11-24-44(39)52-43-23-10-7-20-37(43)38-26-27-46-47(48(38)52)40-22-9-12-25-45(40)51(46)36-18-5-2-6-19-36/h1-30H. The van der Waals surface area contributed by atoms with Gasteiger partial charge in [0.15, 0.2) is 0 Å². The van der Waals surface area contributed by atoms with Crippen LogP contribution in [-0.4, -0.2) is 14.1 Å². The summed E-state index contributed by atoms with van der Waals surface area (Å²) in [4.78, 5) is 5.33.